The molecule has 0 spiro atoms. The average Bonchev–Trinajstić information content (AvgIpc) is 2.47. The van der Waals surface area contributed by atoms with Gasteiger partial charge in [0, 0.05) is 5.69 Å². The topological polar surface area (TPSA) is 30.2 Å². The minimum absolute atomic E-state index is 0.167. The highest BCUT2D eigenvalue weighted by Crippen LogP contribution is 2.22. The molecule has 0 fully saturated rings. The molecule has 0 aromatic carbocycles. The van der Waals surface area contributed by atoms with Crippen molar-refractivity contribution in [3.05, 3.63) is 28.3 Å². The lowest BCUT2D eigenvalue weighted by molar-refractivity contribution is 0.751. The summed E-state index contributed by atoms with van der Waals surface area (Å²) >= 11 is 11.7. The van der Waals surface area contributed by atoms with E-state index in [2.05, 4.69) is 23.9 Å². The molecule has 0 N–H and O–H groups in total. The van der Waals surface area contributed by atoms with Crippen molar-refractivity contribution in [2.75, 3.05) is 0 Å². The Bertz CT molecular complexity index is 476. The lowest BCUT2D eigenvalue weighted by Crippen LogP contribution is -2.01. The van der Waals surface area contributed by atoms with E-state index in [-0.39, 0.29) is 5.28 Å². The standard InChI is InChI=1S/C9H9Cl2N3/c1-5(2)6-3-4-7-8(10)12-9(11)13-14(6)7/h3-5H,1-2H3. The molecule has 0 bridgehead atoms. The first kappa shape index (κ1) is 9.74. The molecule has 5 heteroatoms. The van der Waals surface area contributed by atoms with Crippen LogP contribution >= 0.6 is 23.2 Å². The Morgan fingerprint density at radius 1 is 1.29 bits per heavy atom. The number of rotatable bonds is 1. The van der Waals surface area contributed by atoms with Crippen molar-refractivity contribution in [3.8, 4) is 0 Å². The molecular weight excluding hydrogens is 221 g/mol. The van der Waals surface area contributed by atoms with E-state index in [0.717, 1.165) is 11.2 Å². The lowest BCUT2D eigenvalue weighted by atomic mass is 10.1. The van der Waals surface area contributed by atoms with E-state index >= 15 is 0 Å². The number of hydrogen-bond donors (Lipinski definition) is 0. The molecule has 0 aliphatic rings. The molecule has 2 heterocycles. The van der Waals surface area contributed by atoms with Crippen molar-refractivity contribution in [2.45, 2.75) is 19.8 Å². The maximum absolute atomic E-state index is 5.92. The molecule has 0 aliphatic heterocycles. The van der Waals surface area contributed by atoms with Crippen LogP contribution in [0.1, 0.15) is 25.5 Å². The van der Waals surface area contributed by atoms with Crippen LogP contribution in [-0.4, -0.2) is 14.6 Å². The van der Waals surface area contributed by atoms with Gasteiger partial charge in [-0.1, -0.05) is 25.4 Å². The molecule has 2 rings (SSSR count). The largest absolute Gasteiger partial charge is 0.242 e. The van der Waals surface area contributed by atoms with Crippen LogP contribution in [0, 0.1) is 0 Å². The van der Waals surface area contributed by atoms with Gasteiger partial charge in [0.05, 0.1) is 0 Å². The summed E-state index contributed by atoms with van der Waals surface area (Å²) in [4.78, 5) is 3.87. The first-order valence-electron chi connectivity index (χ1n) is 4.30. The summed E-state index contributed by atoms with van der Waals surface area (Å²) < 4.78 is 1.74. The van der Waals surface area contributed by atoms with Gasteiger partial charge in [-0.05, 0) is 29.7 Å². The second kappa shape index (κ2) is 3.41. The molecule has 14 heavy (non-hydrogen) atoms. The number of aromatic nitrogens is 3. The van der Waals surface area contributed by atoms with E-state index < -0.39 is 0 Å². The molecule has 0 amide bonds. The second-order valence-corrected chi connectivity index (χ2v) is 4.08. The predicted octanol–water partition coefficient (Wildman–Crippen LogP) is 3.16. The fourth-order valence-corrected chi connectivity index (χ4v) is 1.82. The van der Waals surface area contributed by atoms with Gasteiger partial charge >= 0.3 is 0 Å². The fraction of sp³-hybridized carbons (Fsp3) is 0.333. The van der Waals surface area contributed by atoms with Crippen LogP contribution in [0.25, 0.3) is 5.52 Å². The van der Waals surface area contributed by atoms with Crippen molar-refractivity contribution in [2.24, 2.45) is 0 Å². The molecule has 2 aromatic rings. The number of hydrogen-bond acceptors (Lipinski definition) is 2. The molecule has 0 saturated carbocycles. The summed E-state index contributed by atoms with van der Waals surface area (Å²) in [6.45, 7) is 4.18. The van der Waals surface area contributed by atoms with Gasteiger partial charge in [0.1, 0.15) is 5.52 Å². The Morgan fingerprint density at radius 2 is 2.00 bits per heavy atom. The summed E-state index contributed by atoms with van der Waals surface area (Å²) in [6.07, 6.45) is 0. The number of fused-ring (bicyclic) bond motifs is 1. The normalized spacial score (nSPS) is 11.5. The molecule has 0 radical (unpaired) electrons. The average molecular weight is 230 g/mol. The third kappa shape index (κ3) is 1.47. The van der Waals surface area contributed by atoms with E-state index in [4.69, 9.17) is 23.2 Å². The van der Waals surface area contributed by atoms with Gasteiger partial charge in [-0.2, -0.15) is 0 Å². The third-order valence-corrected chi connectivity index (χ3v) is 2.50. The zero-order valence-corrected chi connectivity index (χ0v) is 9.34. The molecule has 0 atom stereocenters. The first-order valence-corrected chi connectivity index (χ1v) is 5.06. The van der Waals surface area contributed by atoms with Gasteiger partial charge in [0.25, 0.3) is 0 Å². The quantitative estimate of drug-likeness (QED) is 0.753. The summed E-state index contributed by atoms with van der Waals surface area (Å²) in [5.74, 6) is 0.375. The Labute approximate surface area is 91.7 Å². The highest BCUT2D eigenvalue weighted by Gasteiger charge is 2.10. The highest BCUT2D eigenvalue weighted by molar-refractivity contribution is 6.34. The molecule has 0 aliphatic carbocycles. The van der Waals surface area contributed by atoms with Gasteiger partial charge in [0.15, 0.2) is 5.15 Å². The lowest BCUT2D eigenvalue weighted by Gasteiger charge is -2.05. The van der Waals surface area contributed by atoms with Crippen LogP contribution in [0.5, 0.6) is 0 Å². The molecule has 2 aromatic heterocycles. The smallest absolute Gasteiger partial charge is 0.231 e. The van der Waals surface area contributed by atoms with Crippen LogP contribution in [0.3, 0.4) is 0 Å². The van der Waals surface area contributed by atoms with Gasteiger partial charge in [-0.3, -0.25) is 0 Å². The monoisotopic (exact) mass is 229 g/mol. The van der Waals surface area contributed by atoms with Gasteiger partial charge in [-0.15, -0.1) is 5.10 Å². The van der Waals surface area contributed by atoms with Crippen molar-refractivity contribution in [1.29, 1.82) is 0 Å². The minimum Gasteiger partial charge on any atom is -0.231 e. The van der Waals surface area contributed by atoms with E-state index in [9.17, 15) is 0 Å². The highest BCUT2D eigenvalue weighted by atomic mass is 35.5. The maximum atomic E-state index is 5.92. The van der Waals surface area contributed by atoms with Gasteiger partial charge in [0.2, 0.25) is 5.28 Å². The molecular formula is C9H9Cl2N3. The van der Waals surface area contributed by atoms with Gasteiger partial charge in [-0.25, -0.2) is 9.50 Å². The van der Waals surface area contributed by atoms with Crippen molar-refractivity contribution < 1.29 is 0 Å². The first-order chi connectivity index (χ1) is 6.59. The van der Waals surface area contributed by atoms with Crippen molar-refractivity contribution in [1.82, 2.24) is 14.6 Å². The number of halogens is 2. The Kier molecular flexibility index (Phi) is 2.37. The van der Waals surface area contributed by atoms with Crippen LogP contribution in [0.4, 0.5) is 0 Å². The van der Waals surface area contributed by atoms with Crippen molar-refractivity contribution in [3.63, 3.8) is 0 Å². The third-order valence-electron chi connectivity index (χ3n) is 2.06. The van der Waals surface area contributed by atoms with E-state index in [1.54, 1.807) is 4.52 Å². The molecule has 74 valence electrons. The van der Waals surface area contributed by atoms with Gasteiger partial charge < -0.3 is 0 Å². The minimum atomic E-state index is 0.167. The Morgan fingerprint density at radius 3 is 2.64 bits per heavy atom. The van der Waals surface area contributed by atoms with E-state index in [1.165, 1.54) is 0 Å². The maximum Gasteiger partial charge on any atom is 0.242 e. The Hall–Kier alpha value is -0.800. The summed E-state index contributed by atoms with van der Waals surface area (Å²) in [5.41, 5.74) is 1.87. The molecule has 0 unspecified atom stereocenters. The van der Waals surface area contributed by atoms with Crippen LogP contribution < -0.4 is 0 Å². The van der Waals surface area contributed by atoms with Crippen LogP contribution in [0.15, 0.2) is 12.1 Å². The Balaban J connectivity index is 2.78. The SMILES string of the molecule is CC(C)c1ccc2c(Cl)nc(Cl)nn12. The van der Waals surface area contributed by atoms with Crippen LogP contribution in [-0.2, 0) is 0 Å². The molecule has 3 nitrogen and oxygen atoms in total. The number of nitrogens with zero attached hydrogens (tertiary/aromatic N) is 3. The second-order valence-electron chi connectivity index (χ2n) is 3.38. The zero-order valence-electron chi connectivity index (χ0n) is 7.83. The fourth-order valence-electron chi connectivity index (χ4n) is 1.39. The van der Waals surface area contributed by atoms with Crippen LogP contribution in [0.2, 0.25) is 10.4 Å². The van der Waals surface area contributed by atoms with Crippen molar-refractivity contribution >= 4 is 28.7 Å². The predicted molar refractivity (Wildman–Crippen MR) is 57.1 cm³/mol. The van der Waals surface area contributed by atoms with E-state index in [1.807, 2.05) is 12.1 Å². The zero-order chi connectivity index (χ0) is 10.3. The summed E-state index contributed by atoms with van der Waals surface area (Å²) in [5, 5.41) is 4.66. The summed E-state index contributed by atoms with van der Waals surface area (Å²) in [6, 6.07) is 3.88. The van der Waals surface area contributed by atoms with E-state index in [0.29, 0.717) is 11.1 Å². The molecule has 0 saturated heterocycles. The summed E-state index contributed by atoms with van der Waals surface area (Å²) in [7, 11) is 0.